The third-order valence-corrected chi connectivity index (χ3v) is 5.39. The van der Waals surface area contributed by atoms with Crippen LogP contribution in [-0.2, 0) is 0 Å². The van der Waals surface area contributed by atoms with Gasteiger partial charge < -0.3 is 0 Å². The van der Waals surface area contributed by atoms with Crippen LogP contribution in [0.15, 0.2) is 31.1 Å². The van der Waals surface area contributed by atoms with Gasteiger partial charge in [0, 0.05) is 43.3 Å². The molecule has 3 heterocycles. The van der Waals surface area contributed by atoms with Gasteiger partial charge in [-0.25, -0.2) is 9.97 Å². The molecule has 2 fully saturated rings. The monoisotopic (exact) mass is 311 g/mol. The van der Waals surface area contributed by atoms with Crippen LogP contribution in [0.1, 0.15) is 56.6 Å². The third kappa shape index (κ3) is 3.15. The Morgan fingerprint density at radius 2 is 1.78 bits per heavy atom. The smallest absolute Gasteiger partial charge is 0.160 e. The van der Waals surface area contributed by atoms with Gasteiger partial charge in [0.25, 0.3) is 0 Å². The van der Waals surface area contributed by atoms with E-state index in [0.717, 1.165) is 24.1 Å². The molecule has 1 aliphatic heterocycles. The van der Waals surface area contributed by atoms with Gasteiger partial charge in [-0.15, -0.1) is 0 Å². The van der Waals surface area contributed by atoms with E-state index in [4.69, 9.17) is 4.98 Å². The van der Waals surface area contributed by atoms with Crippen LogP contribution in [0, 0.1) is 0 Å². The summed E-state index contributed by atoms with van der Waals surface area (Å²) >= 11 is 0. The van der Waals surface area contributed by atoms with E-state index in [1.165, 1.54) is 51.5 Å². The molecule has 0 N–H and O–H groups in total. The van der Waals surface area contributed by atoms with Crippen LogP contribution >= 0.6 is 0 Å². The van der Waals surface area contributed by atoms with Crippen LogP contribution in [0.5, 0.6) is 0 Å². The number of likely N-dealkylation sites (tertiary alicyclic amines) is 1. The second-order valence-electron chi connectivity index (χ2n) is 6.86. The summed E-state index contributed by atoms with van der Waals surface area (Å²) in [6, 6.07) is 0.792. The molecule has 5 nitrogen and oxygen atoms in total. The largest absolute Gasteiger partial charge is 0.300 e. The molecule has 0 bridgehead atoms. The molecular formula is C18H25N5. The SMILES string of the molecule is c1cn(-c2nccnc2C2CCCN(C3CCCCC3)C2)cn1. The molecule has 122 valence electrons. The minimum absolute atomic E-state index is 0.483. The molecule has 2 aliphatic rings. The number of nitrogens with zero attached hydrogens (tertiary/aromatic N) is 5. The number of aromatic nitrogens is 4. The maximum atomic E-state index is 4.70. The van der Waals surface area contributed by atoms with E-state index in [9.17, 15) is 0 Å². The van der Waals surface area contributed by atoms with E-state index in [0.29, 0.717) is 5.92 Å². The van der Waals surface area contributed by atoms with Crippen molar-refractivity contribution in [2.75, 3.05) is 13.1 Å². The number of hydrogen-bond acceptors (Lipinski definition) is 4. The average Bonchev–Trinajstić information content (AvgIpc) is 3.17. The zero-order valence-electron chi connectivity index (χ0n) is 13.6. The van der Waals surface area contributed by atoms with Gasteiger partial charge in [-0.05, 0) is 32.2 Å². The van der Waals surface area contributed by atoms with Crippen LogP contribution in [-0.4, -0.2) is 43.6 Å². The highest BCUT2D eigenvalue weighted by atomic mass is 15.2. The maximum Gasteiger partial charge on any atom is 0.160 e. The fourth-order valence-electron chi connectivity index (χ4n) is 4.22. The van der Waals surface area contributed by atoms with Crippen LogP contribution in [0.3, 0.4) is 0 Å². The van der Waals surface area contributed by atoms with Crippen molar-refractivity contribution in [1.82, 2.24) is 24.4 Å². The molecule has 1 atom stereocenters. The van der Waals surface area contributed by atoms with E-state index >= 15 is 0 Å². The molecule has 5 heteroatoms. The molecule has 1 saturated carbocycles. The molecule has 4 rings (SSSR count). The van der Waals surface area contributed by atoms with Gasteiger partial charge in [0.15, 0.2) is 5.82 Å². The molecule has 0 radical (unpaired) electrons. The van der Waals surface area contributed by atoms with Crippen molar-refractivity contribution in [2.24, 2.45) is 0 Å². The summed E-state index contributed by atoms with van der Waals surface area (Å²) in [6.45, 7) is 2.38. The van der Waals surface area contributed by atoms with Crippen LogP contribution in [0.25, 0.3) is 5.82 Å². The maximum absolute atomic E-state index is 4.70. The Bertz CT molecular complexity index is 618. The van der Waals surface area contributed by atoms with Gasteiger partial charge in [-0.2, -0.15) is 0 Å². The Kier molecular flexibility index (Phi) is 4.37. The molecule has 0 spiro atoms. The molecule has 1 aliphatic carbocycles. The summed E-state index contributed by atoms with van der Waals surface area (Å²) in [5.74, 6) is 1.43. The highest BCUT2D eigenvalue weighted by Gasteiger charge is 2.29. The lowest BCUT2D eigenvalue weighted by atomic mass is 9.89. The van der Waals surface area contributed by atoms with E-state index in [2.05, 4.69) is 14.9 Å². The highest BCUT2D eigenvalue weighted by Crippen LogP contribution is 2.32. The Morgan fingerprint density at radius 3 is 2.61 bits per heavy atom. The molecular weight excluding hydrogens is 286 g/mol. The van der Waals surface area contributed by atoms with Gasteiger partial charge in [-0.3, -0.25) is 14.5 Å². The molecule has 0 amide bonds. The summed E-state index contributed by atoms with van der Waals surface area (Å²) in [7, 11) is 0. The van der Waals surface area contributed by atoms with Crippen LogP contribution < -0.4 is 0 Å². The van der Waals surface area contributed by atoms with Crippen LogP contribution in [0.4, 0.5) is 0 Å². The summed E-state index contributed by atoms with van der Waals surface area (Å²) in [4.78, 5) is 16.2. The summed E-state index contributed by atoms with van der Waals surface area (Å²) in [5, 5.41) is 0. The van der Waals surface area contributed by atoms with Crippen molar-refractivity contribution < 1.29 is 0 Å². The standard InChI is InChI=1S/C18H25N5/c1-2-6-16(7-3-1)22-11-4-5-15(13-22)17-18(21-9-8-20-17)23-12-10-19-14-23/h8-10,12,14-16H,1-7,11,13H2. The van der Waals surface area contributed by atoms with Gasteiger partial charge >= 0.3 is 0 Å². The zero-order valence-corrected chi connectivity index (χ0v) is 13.6. The minimum atomic E-state index is 0.483. The first kappa shape index (κ1) is 14.8. The van der Waals surface area contributed by atoms with Crippen molar-refractivity contribution in [3.8, 4) is 5.82 Å². The first-order valence-electron chi connectivity index (χ1n) is 8.95. The van der Waals surface area contributed by atoms with Gasteiger partial charge in [0.2, 0.25) is 0 Å². The number of piperidine rings is 1. The summed E-state index contributed by atoms with van der Waals surface area (Å²) < 4.78 is 1.99. The van der Waals surface area contributed by atoms with E-state index in [1.54, 1.807) is 12.4 Å². The van der Waals surface area contributed by atoms with Crippen molar-refractivity contribution in [3.05, 3.63) is 36.8 Å². The van der Waals surface area contributed by atoms with E-state index in [1.807, 2.05) is 23.3 Å². The van der Waals surface area contributed by atoms with Gasteiger partial charge in [0.05, 0.1) is 5.69 Å². The fourth-order valence-corrected chi connectivity index (χ4v) is 4.22. The van der Waals surface area contributed by atoms with Crippen molar-refractivity contribution in [3.63, 3.8) is 0 Å². The molecule has 0 aromatic carbocycles. The molecule has 1 saturated heterocycles. The molecule has 23 heavy (non-hydrogen) atoms. The predicted molar refractivity (Wildman–Crippen MR) is 89.6 cm³/mol. The lowest BCUT2D eigenvalue weighted by Crippen LogP contribution is -2.43. The Balaban J connectivity index is 1.56. The van der Waals surface area contributed by atoms with Crippen LogP contribution in [0.2, 0.25) is 0 Å². The lowest BCUT2D eigenvalue weighted by Gasteiger charge is -2.40. The van der Waals surface area contributed by atoms with E-state index < -0.39 is 0 Å². The summed E-state index contributed by atoms with van der Waals surface area (Å²) in [6.07, 6.45) is 18.6. The number of imidazole rings is 1. The highest BCUT2D eigenvalue weighted by molar-refractivity contribution is 5.31. The summed E-state index contributed by atoms with van der Waals surface area (Å²) in [5.41, 5.74) is 1.13. The number of hydrogen-bond donors (Lipinski definition) is 0. The Hall–Kier alpha value is -1.75. The average molecular weight is 311 g/mol. The Labute approximate surface area is 137 Å². The molecule has 1 unspecified atom stereocenters. The van der Waals surface area contributed by atoms with Gasteiger partial charge in [-0.1, -0.05) is 19.3 Å². The predicted octanol–water partition coefficient (Wildman–Crippen LogP) is 3.17. The first-order chi connectivity index (χ1) is 11.4. The fraction of sp³-hybridized carbons (Fsp3) is 0.611. The molecule has 2 aromatic heterocycles. The lowest BCUT2D eigenvalue weighted by molar-refractivity contribution is 0.118. The van der Waals surface area contributed by atoms with Crippen molar-refractivity contribution >= 4 is 0 Å². The zero-order chi connectivity index (χ0) is 15.5. The van der Waals surface area contributed by atoms with E-state index in [-0.39, 0.29) is 0 Å². The molecule has 2 aromatic rings. The first-order valence-corrected chi connectivity index (χ1v) is 8.95. The van der Waals surface area contributed by atoms with Gasteiger partial charge in [0.1, 0.15) is 6.33 Å². The second-order valence-corrected chi connectivity index (χ2v) is 6.86. The van der Waals surface area contributed by atoms with Crippen molar-refractivity contribution in [1.29, 1.82) is 0 Å². The quantitative estimate of drug-likeness (QED) is 0.873. The minimum Gasteiger partial charge on any atom is -0.300 e. The normalized spacial score (nSPS) is 23.9. The Morgan fingerprint density at radius 1 is 0.913 bits per heavy atom. The topological polar surface area (TPSA) is 46.8 Å². The van der Waals surface area contributed by atoms with Crippen molar-refractivity contribution in [2.45, 2.75) is 56.9 Å². The number of rotatable bonds is 3. The second kappa shape index (κ2) is 6.79. The third-order valence-electron chi connectivity index (χ3n) is 5.39.